The molecule has 13 heavy (non-hydrogen) atoms. The predicted octanol–water partition coefficient (Wildman–Crippen LogP) is 2.07. The summed E-state index contributed by atoms with van der Waals surface area (Å²) in [5.41, 5.74) is 15.7. The lowest BCUT2D eigenvalue weighted by atomic mass is 10.0. The van der Waals surface area contributed by atoms with Crippen molar-refractivity contribution in [2.75, 3.05) is 5.73 Å². The van der Waals surface area contributed by atoms with Gasteiger partial charge in [0.2, 0.25) is 0 Å². The Kier molecular flexibility index (Phi) is 2.73. The normalized spacial score (nSPS) is 12.5. The number of nitrogen functional groups attached to an aromatic ring is 1. The maximum absolute atomic E-state index is 5.83. The smallest absolute Gasteiger partial charge is 0.0478 e. The Labute approximate surface area is 79.2 Å². The molecule has 2 nitrogen and oxygen atoms in total. The summed E-state index contributed by atoms with van der Waals surface area (Å²) in [5.74, 6) is 0. The average Bonchev–Trinajstić information content (AvgIpc) is 2.12. The zero-order chi connectivity index (χ0) is 10.0. The second-order valence-electron chi connectivity index (χ2n) is 3.33. The predicted molar refractivity (Wildman–Crippen MR) is 57.5 cm³/mol. The van der Waals surface area contributed by atoms with E-state index < -0.39 is 0 Å². The molecule has 4 N–H and O–H groups in total. The van der Waals surface area contributed by atoms with Gasteiger partial charge in [-0.15, -0.1) is 6.58 Å². The van der Waals surface area contributed by atoms with Crippen LogP contribution in [0.5, 0.6) is 0 Å². The van der Waals surface area contributed by atoms with Crippen LogP contribution < -0.4 is 11.5 Å². The monoisotopic (exact) mass is 176 g/mol. The Balaban J connectivity index is 3.20. The summed E-state index contributed by atoms with van der Waals surface area (Å²) in [7, 11) is 0. The van der Waals surface area contributed by atoms with Gasteiger partial charge in [0.15, 0.2) is 0 Å². The lowest BCUT2D eigenvalue weighted by Crippen LogP contribution is -2.08. The van der Waals surface area contributed by atoms with Crippen LogP contribution in [0.3, 0.4) is 0 Å². The maximum atomic E-state index is 5.83. The van der Waals surface area contributed by atoms with Crippen molar-refractivity contribution in [3.05, 3.63) is 41.5 Å². The van der Waals surface area contributed by atoms with Gasteiger partial charge in [-0.05, 0) is 30.5 Å². The standard InChI is InChI=1S/C11H16N2/c1-4-10(12)9-5-7(2)11(13)8(3)6-9/h4-6,10H,1,12-13H2,2-3H3/t10-/m1/s1. The van der Waals surface area contributed by atoms with Crippen LogP contribution in [0, 0.1) is 13.8 Å². The van der Waals surface area contributed by atoms with Crippen molar-refractivity contribution in [2.24, 2.45) is 5.73 Å². The molecule has 0 radical (unpaired) electrons. The van der Waals surface area contributed by atoms with Crippen LogP contribution in [0.15, 0.2) is 24.8 Å². The Morgan fingerprint density at radius 1 is 1.31 bits per heavy atom. The van der Waals surface area contributed by atoms with E-state index in [1.54, 1.807) is 6.08 Å². The minimum Gasteiger partial charge on any atom is -0.398 e. The Morgan fingerprint density at radius 3 is 2.15 bits per heavy atom. The van der Waals surface area contributed by atoms with Crippen molar-refractivity contribution in [3.8, 4) is 0 Å². The molecule has 1 aromatic carbocycles. The molecule has 1 aromatic rings. The van der Waals surface area contributed by atoms with Gasteiger partial charge in [-0.1, -0.05) is 18.2 Å². The summed E-state index contributed by atoms with van der Waals surface area (Å²) in [6, 6.07) is 3.92. The van der Waals surface area contributed by atoms with Gasteiger partial charge >= 0.3 is 0 Å². The van der Waals surface area contributed by atoms with Crippen LogP contribution in [-0.4, -0.2) is 0 Å². The summed E-state index contributed by atoms with van der Waals surface area (Å²) in [4.78, 5) is 0. The molecule has 0 spiro atoms. The van der Waals surface area contributed by atoms with Crippen molar-refractivity contribution in [2.45, 2.75) is 19.9 Å². The number of aryl methyl sites for hydroxylation is 2. The van der Waals surface area contributed by atoms with Crippen molar-refractivity contribution in [1.82, 2.24) is 0 Å². The fraction of sp³-hybridized carbons (Fsp3) is 0.273. The second kappa shape index (κ2) is 3.62. The van der Waals surface area contributed by atoms with Crippen molar-refractivity contribution in [1.29, 1.82) is 0 Å². The van der Waals surface area contributed by atoms with Crippen LogP contribution in [0.2, 0.25) is 0 Å². The quantitative estimate of drug-likeness (QED) is 0.535. The largest absolute Gasteiger partial charge is 0.398 e. The highest BCUT2D eigenvalue weighted by Crippen LogP contribution is 2.22. The van der Waals surface area contributed by atoms with Crippen LogP contribution in [0.4, 0.5) is 5.69 Å². The highest BCUT2D eigenvalue weighted by atomic mass is 14.6. The Bertz CT molecular complexity index is 306. The van der Waals surface area contributed by atoms with E-state index in [-0.39, 0.29) is 6.04 Å². The van der Waals surface area contributed by atoms with Crippen molar-refractivity contribution in [3.63, 3.8) is 0 Å². The molecule has 70 valence electrons. The minimum absolute atomic E-state index is 0.0991. The van der Waals surface area contributed by atoms with E-state index in [1.807, 2.05) is 26.0 Å². The highest BCUT2D eigenvalue weighted by Gasteiger charge is 2.05. The molecule has 0 unspecified atom stereocenters. The van der Waals surface area contributed by atoms with Crippen molar-refractivity contribution >= 4 is 5.69 Å². The summed E-state index contributed by atoms with van der Waals surface area (Å²) in [5, 5.41) is 0. The van der Waals surface area contributed by atoms with Gasteiger partial charge in [0.25, 0.3) is 0 Å². The Morgan fingerprint density at radius 2 is 1.77 bits per heavy atom. The molecule has 0 fully saturated rings. The fourth-order valence-corrected chi connectivity index (χ4v) is 1.34. The fourth-order valence-electron chi connectivity index (χ4n) is 1.34. The van der Waals surface area contributed by atoms with E-state index in [1.165, 1.54) is 0 Å². The van der Waals surface area contributed by atoms with Gasteiger partial charge in [-0.25, -0.2) is 0 Å². The number of rotatable bonds is 2. The van der Waals surface area contributed by atoms with E-state index >= 15 is 0 Å². The third-order valence-electron chi connectivity index (χ3n) is 2.25. The van der Waals surface area contributed by atoms with Gasteiger partial charge < -0.3 is 11.5 Å². The molecule has 0 aliphatic rings. The molecular weight excluding hydrogens is 160 g/mol. The third-order valence-corrected chi connectivity index (χ3v) is 2.25. The Hall–Kier alpha value is -1.28. The van der Waals surface area contributed by atoms with Gasteiger partial charge in [-0.3, -0.25) is 0 Å². The molecule has 0 bridgehead atoms. The molecule has 0 aliphatic heterocycles. The molecular formula is C11H16N2. The van der Waals surface area contributed by atoms with E-state index in [0.29, 0.717) is 0 Å². The lowest BCUT2D eigenvalue weighted by Gasteiger charge is -2.11. The van der Waals surface area contributed by atoms with Gasteiger partial charge in [0.05, 0.1) is 0 Å². The van der Waals surface area contributed by atoms with Crippen LogP contribution in [-0.2, 0) is 0 Å². The summed E-state index contributed by atoms with van der Waals surface area (Å²) in [6.07, 6.45) is 1.73. The highest BCUT2D eigenvalue weighted by molar-refractivity contribution is 5.55. The molecule has 0 saturated carbocycles. The van der Waals surface area contributed by atoms with E-state index in [9.17, 15) is 0 Å². The number of anilines is 1. The average molecular weight is 176 g/mol. The maximum Gasteiger partial charge on any atom is 0.0478 e. The molecule has 0 saturated heterocycles. The van der Waals surface area contributed by atoms with Gasteiger partial charge in [0, 0.05) is 11.7 Å². The summed E-state index contributed by atoms with van der Waals surface area (Å²) in [6.45, 7) is 7.64. The summed E-state index contributed by atoms with van der Waals surface area (Å²) < 4.78 is 0. The SMILES string of the molecule is C=C[C@@H](N)c1cc(C)c(N)c(C)c1. The molecule has 0 heterocycles. The summed E-state index contributed by atoms with van der Waals surface area (Å²) >= 11 is 0. The molecule has 1 atom stereocenters. The second-order valence-corrected chi connectivity index (χ2v) is 3.33. The number of hydrogen-bond donors (Lipinski definition) is 2. The number of benzene rings is 1. The van der Waals surface area contributed by atoms with E-state index in [2.05, 4.69) is 6.58 Å². The van der Waals surface area contributed by atoms with Gasteiger partial charge in [-0.2, -0.15) is 0 Å². The van der Waals surface area contributed by atoms with Crippen LogP contribution >= 0.6 is 0 Å². The zero-order valence-corrected chi connectivity index (χ0v) is 8.17. The number of nitrogens with two attached hydrogens (primary N) is 2. The topological polar surface area (TPSA) is 52.0 Å². The number of hydrogen-bond acceptors (Lipinski definition) is 2. The molecule has 0 amide bonds. The van der Waals surface area contributed by atoms with E-state index in [0.717, 1.165) is 22.4 Å². The molecule has 0 aliphatic carbocycles. The first-order valence-corrected chi connectivity index (χ1v) is 4.31. The van der Waals surface area contributed by atoms with Crippen LogP contribution in [0.1, 0.15) is 22.7 Å². The first kappa shape index (κ1) is 9.81. The first-order valence-electron chi connectivity index (χ1n) is 4.31. The van der Waals surface area contributed by atoms with Crippen molar-refractivity contribution < 1.29 is 0 Å². The van der Waals surface area contributed by atoms with Gasteiger partial charge in [0.1, 0.15) is 0 Å². The zero-order valence-electron chi connectivity index (χ0n) is 8.17. The molecule has 2 heteroatoms. The molecule has 0 aromatic heterocycles. The van der Waals surface area contributed by atoms with Crippen LogP contribution in [0.25, 0.3) is 0 Å². The van der Waals surface area contributed by atoms with E-state index in [4.69, 9.17) is 11.5 Å². The molecule has 1 rings (SSSR count). The third kappa shape index (κ3) is 1.90. The minimum atomic E-state index is -0.0991. The lowest BCUT2D eigenvalue weighted by molar-refractivity contribution is 0.910. The first-order chi connectivity index (χ1) is 6.06.